The van der Waals surface area contributed by atoms with E-state index in [4.69, 9.17) is 9.94 Å². The molecule has 0 aromatic heterocycles. The van der Waals surface area contributed by atoms with Crippen molar-refractivity contribution in [2.75, 3.05) is 14.2 Å². The number of benzene rings is 1. The Morgan fingerprint density at radius 2 is 2.25 bits per heavy atom. The molecule has 0 aliphatic rings. The van der Waals surface area contributed by atoms with Gasteiger partial charge in [0.2, 0.25) is 0 Å². The van der Waals surface area contributed by atoms with E-state index in [2.05, 4.69) is 9.84 Å². The first-order chi connectivity index (χ1) is 7.72. The van der Waals surface area contributed by atoms with Crippen LogP contribution in [0, 0.1) is 0 Å². The molecule has 0 bridgehead atoms. The van der Waals surface area contributed by atoms with E-state index < -0.39 is 5.97 Å². The molecule has 0 fully saturated rings. The predicted octanol–water partition coefficient (Wildman–Crippen LogP) is 0.795. The second-order valence-electron chi connectivity index (χ2n) is 2.81. The normalized spacial score (nSPS) is 10.2. The summed E-state index contributed by atoms with van der Waals surface area (Å²) in [5, 5.41) is 11.8. The number of nitrogens with zero attached hydrogens (tertiary/aromatic N) is 1. The number of carbonyl (C=O) groups excluding carboxylic acids is 1. The smallest absolute Gasteiger partial charge is 0.337 e. The zero-order chi connectivity index (χ0) is 12.0. The second-order valence-corrected chi connectivity index (χ2v) is 2.81. The lowest BCUT2D eigenvalue weighted by Crippen LogP contribution is -2.04. The molecule has 0 amide bonds. The van der Waals surface area contributed by atoms with Crippen molar-refractivity contribution in [2.45, 2.75) is 0 Å². The van der Waals surface area contributed by atoms with Gasteiger partial charge in [0.15, 0.2) is 0 Å². The number of hydrogen-bond donors (Lipinski definition) is 2. The molecule has 0 unspecified atom stereocenters. The topological polar surface area (TPSA) is 80.2 Å². The molecule has 0 saturated carbocycles. The first kappa shape index (κ1) is 12.0. The lowest BCUT2D eigenvalue weighted by molar-refractivity contribution is 0.0600. The maximum atomic E-state index is 11.3. The zero-order valence-corrected chi connectivity index (χ0v) is 8.93. The SMILES string of the molecule is COC(=O)c1ccc(OC)c(C=NNO)c1. The molecule has 1 aromatic carbocycles. The summed E-state index contributed by atoms with van der Waals surface area (Å²) >= 11 is 0. The van der Waals surface area contributed by atoms with Gasteiger partial charge in [-0.3, -0.25) is 5.21 Å². The molecule has 0 atom stereocenters. The van der Waals surface area contributed by atoms with Gasteiger partial charge in [0.1, 0.15) is 5.75 Å². The van der Waals surface area contributed by atoms with Gasteiger partial charge in [0.05, 0.1) is 26.0 Å². The Morgan fingerprint density at radius 3 is 2.81 bits per heavy atom. The molecular formula is C10H12N2O4. The van der Waals surface area contributed by atoms with E-state index >= 15 is 0 Å². The van der Waals surface area contributed by atoms with Gasteiger partial charge in [-0.05, 0) is 18.2 Å². The van der Waals surface area contributed by atoms with Gasteiger partial charge >= 0.3 is 5.97 Å². The molecule has 0 heterocycles. The van der Waals surface area contributed by atoms with Crippen LogP contribution in [0.25, 0.3) is 0 Å². The third kappa shape index (κ3) is 2.71. The van der Waals surface area contributed by atoms with Gasteiger partial charge in [0.25, 0.3) is 0 Å². The molecule has 2 N–H and O–H groups in total. The van der Waals surface area contributed by atoms with E-state index in [9.17, 15) is 4.79 Å². The number of rotatable bonds is 4. The highest BCUT2D eigenvalue weighted by atomic mass is 16.5. The van der Waals surface area contributed by atoms with Crippen LogP contribution in [-0.4, -0.2) is 31.6 Å². The van der Waals surface area contributed by atoms with Crippen LogP contribution in [0.4, 0.5) is 0 Å². The number of hydrogen-bond acceptors (Lipinski definition) is 6. The van der Waals surface area contributed by atoms with Crippen molar-refractivity contribution < 1.29 is 19.5 Å². The minimum Gasteiger partial charge on any atom is -0.496 e. The van der Waals surface area contributed by atoms with E-state index in [1.54, 1.807) is 23.8 Å². The van der Waals surface area contributed by atoms with Gasteiger partial charge < -0.3 is 9.47 Å². The molecule has 86 valence electrons. The van der Waals surface area contributed by atoms with Crippen molar-refractivity contribution in [3.05, 3.63) is 29.3 Å². The Bertz CT molecular complexity index is 404. The van der Waals surface area contributed by atoms with Crippen LogP contribution >= 0.6 is 0 Å². The first-order valence-corrected chi connectivity index (χ1v) is 4.41. The van der Waals surface area contributed by atoms with Gasteiger partial charge in [-0.2, -0.15) is 10.7 Å². The van der Waals surface area contributed by atoms with E-state index in [0.29, 0.717) is 16.9 Å². The van der Waals surface area contributed by atoms with E-state index in [0.717, 1.165) is 0 Å². The highest BCUT2D eigenvalue weighted by molar-refractivity contribution is 5.93. The van der Waals surface area contributed by atoms with Gasteiger partial charge in [-0.25, -0.2) is 4.79 Å². The zero-order valence-electron chi connectivity index (χ0n) is 8.93. The first-order valence-electron chi connectivity index (χ1n) is 4.41. The molecule has 1 aromatic rings. The lowest BCUT2D eigenvalue weighted by Gasteiger charge is -2.06. The van der Waals surface area contributed by atoms with Crippen molar-refractivity contribution >= 4 is 12.2 Å². The Kier molecular flexibility index (Phi) is 4.28. The summed E-state index contributed by atoms with van der Waals surface area (Å²) in [6, 6.07) is 4.74. The molecule has 16 heavy (non-hydrogen) atoms. The third-order valence-electron chi connectivity index (χ3n) is 1.91. The van der Waals surface area contributed by atoms with Crippen LogP contribution in [0.1, 0.15) is 15.9 Å². The Labute approximate surface area is 92.4 Å². The van der Waals surface area contributed by atoms with Crippen molar-refractivity contribution in [1.82, 2.24) is 5.59 Å². The molecule has 0 aliphatic heterocycles. The largest absolute Gasteiger partial charge is 0.496 e. The predicted molar refractivity (Wildman–Crippen MR) is 56.8 cm³/mol. The summed E-state index contributed by atoms with van der Waals surface area (Å²) in [6.07, 6.45) is 1.32. The van der Waals surface area contributed by atoms with Crippen LogP contribution in [0.3, 0.4) is 0 Å². The Hall–Kier alpha value is -2.08. The molecule has 1 rings (SSSR count). The summed E-state index contributed by atoms with van der Waals surface area (Å²) < 4.78 is 9.64. The second kappa shape index (κ2) is 5.72. The van der Waals surface area contributed by atoms with Gasteiger partial charge in [-0.1, -0.05) is 0 Å². The maximum Gasteiger partial charge on any atom is 0.337 e. The molecule has 0 saturated heterocycles. The van der Waals surface area contributed by atoms with Gasteiger partial charge in [-0.15, -0.1) is 0 Å². The quantitative estimate of drug-likeness (QED) is 0.449. The number of esters is 1. The number of methoxy groups -OCH3 is 2. The number of nitrogens with one attached hydrogen (secondary N) is 1. The fourth-order valence-corrected chi connectivity index (χ4v) is 1.18. The van der Waals surface area contributed by atoms with Crippen LogP contribution < -0.4 is 10.3 Å². The fraction of sp³-hybridized carbons (Fsp3) is 0.200. The van der Waals surface area contributed by atoms with Crippen molar-refractivity contribution in [2.24, 2.45) is 5.10 Å². The van der Waals surface area contributed by atoms with Crippen LogP contribution in [0.2, 0.25) is 0 Å². The minimum absolute atomic E-state index is 0.377. The highest BCUT2D eigenvalue weighted by Crippen LogP contribution is 2.18. The molecule has 6 heteroatoms. The molecular weight excluding hydrogens is 212 g/mol. The molecule has 6 nitrogen and oxygen atoms in total. The lowest BCUT2D eigenvalue weighted by atomic mass is 10.1. The Balaban J connectivity index is 3.10. The van der Waals surface area contributed by atoms with Gasteiger partial charge in [0, 0.05) is 5.56 Å². The monoisotopic (exact) mass is 224 g/mol. The summed E-state index contributed by atoms with van der Waals surface area (Å²) in [5.74, 6) is 0.0842. The van der Waals surface area contributed by atoms with E-state index in [-0.39, 0.29) is 0 Å². The molecule has 0 radical (unpaired) electrons. The van der Waals surface area contributed by atoms with Crippen LogP contribution in [0.5, 0.6) is 5.75 Å². The number of carbonyl (C=O) groups is 1. The summed E-state index contributed by atoms with van der Waals surface area (Å²) in [5.41, 5.74) is 2.55. The maximum absolute atomic E-state index is 11.3. The van der Waals surface area contributed by atoms with Crippen molar-refractivity contribution in [3.8, 4) is 5.75 Å². The van der Waals surface area contributed by atoms with E-state index in [1.807, 2.05) is 0 Å². The van der Waals surface area contributed by atoms with E-state index in [1.165, 1.54) is 20.4 Å². The standard InChI is InChI=1S/C10H12N2O4/c1-15-9-4-3-7(10(13)16-2)5-8(9)6-11-12-14/h3-6,12,14H,1-2H3. The van der Waals surface area contributed by atoms with Crippen LogP contribution in [0.15, 0.2) is 23.3 Å². The summed E-state index contributed by atoms with van der Waals surface area (Å²) in [4.78, 5) is 11.3. The average Bonchev–Trinajstić information content (AvgIpc) is 2.34. The number of hydrazone groups is 1. The van der Waals surface area contributed by atoms with Crippen molar-refractivity contribution in [1.29, 1.82) is 0 Å². The fourth-order valence-electron chi connectivity index (χ4n) is 1.18. The average molecular weight is 224 g/mol. The highest BCUT2D eigenvalue weighted by Gasteiger charge is 2.08. The minimum atomic E-state index is -0.450. The third-order valence-corrected chi connectivity index (χ3v) is 1.91. The molecule has 0 aliphatic carbocycles. The summed E-state index contributed by atoms with van der Waals surface area (Å²) in [6.45, 7) is 0. The van der Waals surface area contributed by atoms with Crippen molar-refractivity contribution in [3.63, 3.8) is 0 Å². The molecule has 0 spiro atoms. The number of ether oxygens (including phenoxy) is 2. The van der Waals surface area contributed by atoms with Crippen LogP contribution in [-0.2, 0) is 4.74 Å². The Morgan fingerprint density at radius 1 is 1.50 bits per heavy atom. The summed E-state index contributed by atoms with van der Waals surface area (Å²) in [7, 11) is 2.80.